The molecule has 13 heavy (non-hydrogen) atoms. The van der Waals surface area contributed by atoms with Crippen molar-refractivity contribution in [1.82, 2.24) is 0 Å². The first kappa shape index (κ1) is 9.53. The molecule has 0 fully saturated rings. The molecular weight excluding hydrogens is 196 g/mol. The van der Waals surface area contributed by atoms with Gasteiger partial charge in [0.1, 0.15) is 10.6 Å². The molecule has 6 heteroatoms. The molecule has 0 spiro atoms. The molecular formula is C7H6O5S. The third-order valence-electron chi connectivity index (χ3n) is 1.32. The predicted molar refractivity (Wildman–Crippen MR) is 44.8 cm³/mol. The van der Waals surface area contributed by atoms with Gasteiger partial charge in [0.25, 0.3) is 0 Å². The van der Waals surface area contributed by atoms with Gasteiger partial charge in [-0.15, -0.1) is 11.3 Å². The Morgan fingerprint density at radius 2 is 2.00 bits per heavy atom. The number of methoxy groups -OCH3 is 1. The summed E-state index contributed by atoms with van der Waals surface area (Å²) in [5, 5.41) is 17.2. The van der Waals surface area contributed by atoms with Crippen LogP contribution in [0.4, 0.5) is 0 Å². The lowest BCUT2D eigenvalue weighted by Crippen LogP contribution is -1.94. The summed E-state index contributed by atoms with van der Waals surface area (Å²) in [5.41, 5.74) is 0. The maximum Gasteiger partial charge on any atom is 0.349 e. The minimum Gasteiger partial charge on any atom is -0.495 e. The van der Waals surface area contributed by atoms with Crippen LogP contribution >= 0.6 is 11.3 Å². The molecule has 0 saturated carbocycles. The number of hydrogen-bond donors (Lipinski definition) is 2. The highest BCUT2D eigenvalue weighted by atomic mass is 32.1. The average molecular weight is 202 g/mol. The number of aromatic carboxylic acids is 2. The smallest absolute Gasteiger partial charge is 0.349 e. The summed E-state index contributed by atoms with van der Waals surface area (Å²) in [6, 6.07) is 1.19. The number of thiophene rings is 1. The minimum atomic E-state index is -1.19. The second-order valence-corrected chi connectivity index (χ2v) is 3.17. The minimum absolute atomic E-state index is 0.0470. The van der Waals surface area contributed by atoms with Gasteiger partial charge in [-0.3, -0.25) is 0 Å². The number of rotatable bonds is 3. The number of hydrogen-bond acceptors (Lipinski definition) is 4. The van der Waals surface area contributed by atoms with Gasteiger partial charge in [0.05, 0.1) is 7.11 Å². The summed E-state index contributed by atoms with van der Waals surface area (Å²) in [6.07, 6.45) is 0. The standard InChI is InChI=1S/C7H6O5S/c1-12-3-2-4(6(8)9)13-5(3)7(10)11/h2H,1H3,(H,8,9)(H,10,11). The zero-order chi connectivity index (χ0) is 10.0. The molecule has 0 amide bonds. The lowest BCUT2D eigenvalue weighted by Gasteiger charge is -1.94. The van der Waals surface area contributed by atoms with Gasteiger partial charge < -0.3 is 14.9 Å². The molecule has 0 saturated heterocycles. The maximum absolute atomic E-state index is 10.6. The van der Waals surface area contributed by atoms with Crippen LogP contribution in [0.15, 0.2) is 6.07 Å². The lowest BCUT2D eigenvalue weighted by atomic mass is 10.4. The summed E-state index contributed by atoms with van der Waals surface area (Å²) >= 11 is 0.676. The molecule has 0 aromatic carbocycles. The Balaban J connectivity index is 3.19. The van der Waals surface area contributed by atoms with E-state index in [4.69, 9.17) is 14.9 Å². The molecule has 0 aliphatic rings. The van der Waals surface area contributed by atoms with Gasteiger partial charge in [-0.25, -0.2) is 9.59 Å². The average Bonchev–Trinajstić information content (AvgIpc) is 2.47. The van der Waals surface area contributed by atoms with Crippen LogP contribution < -0.4 is 4.74 Å². The topological polar surface area (TPSA) is 83.8 Å². The van der Waals surface area contributed by atoms with Crippen LogP contribution in [0.1, 0.15) is 19.3 Å². The third kappa shape index (κ3) is 1.78. The van der Waals surface area contributed by atoms with Crippen LogP contribution in [-0.4, -0.2) is 29.3 Å². The van der Waals surface area contributed by atoms with Crippen molar-refractivity contribution >= 4 is 23.3 Å². The van der Waals surface area contributed by atoms with Crippen LogP contribution in [-0.2, 0) is 0 Å². The Hall–Kier alpha value is -1.56. The zero-order valence-electron chi connectivity index (χ0n) is 6.60. The van der Waals surface area contributed by atoms with Crippen molar-refractivity contribution < 1.29 is 24.5 Å². The molecule has 0 aliphatic carbocycles. The van der Waals surface area contributed by atoms with Crippen molar-refractivity contribution in [2.24, 2.45) is 0 Å². The van der Waals surface area contributed by atoms with E-state index >= 15 is 0 Å². The van der Waals surface area contributed by atoms with Crippen molar-refractivity contribution in [2.75, 3.05) is 7.11 Å². The third-order valence-corrected chi connectivity index (χ3v) is 2.42. The molecule has 2 N–H and O–H groups in total. The fraction of sp³-hybridized carbons (Fsp3) is 0.143. The Kier molecular flexibility index (Phi) is 2.52. The highest BCUT2D eigenvalue weighted by Gasteiger charge is 2.18. The summed E-state index contributed by atoms with van der Waals surface area (Å²) in [4.78, 5) is 20.9. The Morgan fingerprint density at radius 1 is 1.38 bits per heavy atom. The fourth-order valence-electron chi connectivity index (χ4n) is 0.780. The van der Waals surface area contributed by atoms with Crippen molar-refractivity contribution in [2.45, 2.75) is 0 Å². The van der Waals surface area contributed by atoms with Gasteiger partial charge in [0.2, 0.25) is 0 Å². The number of ether oxygens (including phenoxy) is 1. The number of carbonyl (C=O) groups is 2. The molecule has 0 bridgehead atoms. The van der Waals surface area contributed by atoms with E-state index in [9.17, 15) is 9.59 Å². The van der Waals surface area contributed by atoms with Gasteiger partial charge in [-0.2, -0.15) is 0 Å². The van der Waals surface area contributed by atoms with Gasteiger partial charge >= 0.3 is 11.9 Å². The van der Waals surface area contributed by atoms with Crippen molar-refractivity contribution in [3.63, 3.8) is 0 Å². The Morgan fingerprint density at radius 3 is 2.31 bits per heavy atom. The Labute approximate surface area is 77.2 Å². The first-order chi connectivity index (χ1) is 6.06. The van der Waals surface area contributed by atoms with Gasteiger partial charge in [-0.1, -0.05) is 0 Å². The van der Waals surface area contributed by atoms with Crippen LogP contribution in [0.25, 0.3) is 0 Å². The van der Waals surface area contributed by atoms with E-state index in [1.54, 1.807) is 0 Å². The first-order valence-corrected chi connectivity index (χ1v) is 4.02. The highest BCUT2D eigenvalue weighted by Crippen LogP contribution is 2.28. The fourth-order valence-corrected chi connectivity index (χ4v) is 1.58. The molecule has 1 aromatic rings. The van der Waals surface area contributed by atoms with Gasteiger partial charge in [0, 0.05) is 6.07 Å². The summed E-state index contributed by atoms with van der Waals surface area (Å²) in [7, 11) is 1.29. The number of carboxylic acid groups (broad SMARTS) is 2. The summed E-state index contributed by atoms with van der Waals surface area (Å²) in [5.74, 6) is -2.26. The van der Waals surface area contributed by atoms with E-state index < -0.39 is 11.9 Å². The van der Waals surface area contributed by atoms with E-state index in [1.807, 2.05) is 0 Å². The summed E-state index contributed by atoms with van der Waals surface area (Å²) in [6.45, 7) is 0. The van der Waals surface area contributed by atoms with Crippen molar-refractivity contribution in [3.05, 3.63) is 15.8 Å². The second-order valence-electron chi connectivity index (χ2n) is 2.12. The predicted octanol–water partition coefficient (Wildman–Crippen LogP) is 1.15. The molecule has 0 aliphatic heterocycles. The normalized spacial score (nSPS) is 9.62. The molecule has 1 rings (SSSR count). The summed E-state index contributed by atoms with van der Waals surface area (Å²) < 4.78 is 4.70. The SMILES string of the molecule is COc1cc(C(=O)O)sc1C(=O)O. The monoisotopic (exact) mass is 202 g/mol. The molecule has 1 heterocycles. The molecule has 1 aromatic heterocycles. The van der Waals surface area contributed by atoms with E-state index in [-0.39, 0.29) is 15.5 Å². The maximum atomic E-state index is 10.6. The van der Waals surface area contributed by atoms with Crippen LogP contribution in [0.2, 0.25) is 0 Å². The molecule has 0 unspecified atom stereocenters. The van der Waals surface area contributed by atoms with E-state index in [0.29, 0.717) is 11.3 Å². The van der Waals surface area contributed by atoms with Crippen LogP contribution in [0, 0.1) is 0 Å². The van der Waals surface area contributed by atoms with Gasteiger partial charge in [-0.05, 0) is 0 Å². The largest absolute Gasteiger partial charge is 0.495 e. The number of carboxylic acids is 2. The van der Waals surface area contributed by atoms with Crippen LogP contribution in [0.5, 0.6) is 5.75 Å². The van der Waals surface area contributed by atoms with Crippen LogP contribution in [0.3, 0.4) is 0 Å². The molecule has 0 atom stereocenters. The van der Waals surface area contributed by atoms with Crippen molar-refractivity contribution in [3.8, 4) is 5.75 Å². The van der Waals surface area contributed by atoms with E-state index in [2.05, 4.69) is 0 Å². The Bertz CT molecular complexity index is 354. The highest BCUT2D eigenvalue weighted by molar-refractivity contribution is 7.16. The van der Waals surface area contributed by atoms with Crippen molar-refractivity contribution in [1.29, 1.82) is 0 Å². The van der Waals surface area contributed by atoms with Gasteiger partial charge in [0.15, 0.2) is 4.88 Å². The molecule has 70 valence electrons. The zero-order valence-corrected chi connectivity index (χ0v) is 7.42. The lowest BCUT2D eigenvalue weighted by molar-refractivity contribution is 0.0690. The van der Waals surface area contributed by atoms with E-state index in [0.717, 1.165) is 0 Å². The first-order valence-electron chi connectivity index (χ1n) is 3.20. The molecule has 0 radical (unpaired) electrons. The van der Waals surface area contributed by atoms with E-state index in [1.165, 1.54) is 13.2 Å². The quantitative estimate of drug-likeness (QED) is 0.768. The second kappa shape index (κ2) is 3.44. The molecule has 5 nitrogen and oxygen atoms in total.